The summed E-state index contributed by atoms with van der Waals surface area (Å²) in [6.45, 7) is 0. The molecule has 0 spiro atoms. The number of fused-ring (bicyclic) bond motifs is 1. The lowest BCUT2D eigenvalue weighted by molar-refractivity contribution is -0.385. The molecule has 1 amide bonds. The van der Waals surface area contributed by atoms with Crippen molar-refractivity contribution in [3.05, 3.63) is 122 Å². The van der Waals surface area contributed by atoms with Gasteiger partial charge in [0.2, 0.25) is 5.89 Å². The average molecular weight is 615 g/mol. The molecule has 15 heteroatoms. The highest BCUT2D eigenvalue weighted by molar-refractivity contribution is 6.09. The Balaban J connectivity index is 0.000000205. The minimum atomic E-state index is -0.722. The SMILES string of the molecule is COC(=O)c1cccc(O)c1NC(=O)c1ccc([N+](=O)[O-])cc1.COC(=O)c1cccc2oc(-c3ccc([N+](=O)[O-])cc3)nc12. The minimum Gasteiger partial charge on any atom is -0.506 e. The maximum Gasteiger partial charge on any atom is 0.340 e. The third-order valence-corrected chi connectivity index (χ3v) is 6.18. The Morgan fingerprint density at radius 2 is 1.31 bits per heavy atom. The van der Waals surface area contributed by atoms with Crippen LogP contribution in [0.3, 0.4) is 0 Å². The molecule has 5 aromatic rings. The third-order valence-electron chi connectivity index (χ3n) is 6.18. The predicted octanol–water partition coefficient (Wildman–Crippen LogP) is 5.53. The largest absolute Gasteiger partial charge is 0.506 e. The lowest BCUT2D eigenvalue weighted by Crippen LogP contribution is -2.15. The van der Waals surface area contributed by atoms with Crippen LogP contribution < -0.4 is 5.32 Å². The Morgan fingerprint density at radius 1 is 0.778 bits per heavy atom. The first-order chi connectivity index (χ1) is 21.5. The number of non-ortho nitro benzene ring substituents is 2. The van der Waals surface area contributed by atoms with Crippen LogP contribution in [0, 0.1) is 20.2 Å². The Bertz CT molecular complexity index is 1920. The number of carbonyl (C=O) groups is 3. The van der Waals surface area contributed by atoms with Gasteiger partial charge in [0.25, 0.3) is 17.3 Å². The van der Waals surface area contributed by atoms with E-state index < -0.39 is 27.7 Å². The Labute approximate surface area is 252 Å². The number of amides is 1. The molecule has 1 aromatic heterocycles. The van der Waals surface area contributed by atoms with Gasteiger partial charge < -0.3 is 24.3 Å². The first-order valence-electron chi connectivity index (χ1n) is 12.7. The van der Waals surface area contributed by atoms with Crippen LogP contribution >= 0.6 is 0 Å². The van der Waals surface area contributed by atoms with Crippen LogP contribution in [0.15, 0.2) is 89.3 Å². The van der Waals surface area contributed by atoms with Crippen LogP contribution in [0.5, 0.6) is 5.75 Å². The number of ether oxygens (including phenoxy) is 2. The van der Waals surface area contributed by atoms with E-state index in [0.29, 0.717) is 22.2 Å². The number of aromatic nitrogens is 1. The molecule has 15 nitrogen and oxygen atoms in total. The van der Waals surface area contributed by atoms with Crippen LogP contribution in [0.1, 0.15) is 31.1 Å². The molecule has 0 aliphatic carbocycles. The molecule has 0 saturated heterocycles. The molecule has 228 valence electrons. The average Bonchev–Trinajstić information content (AvgIpc) is 3.50. The molecule has 1 heterocycles. The molecular weight excluding hydrogens is 592 g/mol. The molecular formula is C30H22N4O11. The van der Waals surface area contributed by atoms with Crippen molar-refractivity contribution in [2.45, 2.75) is 0 Å². The molecule has 0 bridgehead atoms. The number of para-hydroxylation sites is 2. The summed E-state index contributed by atoms with van der Waals surface area (Å²) < 4.78 is 14.9. The standard InChI is InChI=1S/C15H12N2O6.C15H10N2O5/c1-23-15(20)11-3-2-4-12(18)13(11)16-14(19)9-5-7-10(8-6-9)17(21)22;1-21-15(18)11-3-2-4-12-13(11)16-14(22-12)9-5-7-10(8-6-9)17(19)20/h2-8,18H,1H3,(H,16,19);2-8H,1H3. The molecule has 0 aliphatic heterocycles. The second-order valence-corrected chi connectivity index (χ2v) is 8.92. The lowest BCUT2D eigenvalue weighted by atomic mass is 10.1. The van der Waals surface area contributed by atoms with Gasteiger partial charge in [-0.05, 0) is 48.5 Å². The molecule has 5 rings (SSSR count). The number of benzene rings is 4. The zero-order chi connectivity index (χ0) is 32.7. The molecule has 0 saturated carbocycles. The second kappa shape index (κ2) is 13.6. The number of nitrogens with zero attached hydrogens (tertiary/aromatic N) is 3. The fourth-order valence-electron chi connectivity index (χ4n) is 3.94. The van der Waals surface area contributed by atoms with Crippen molar-refractivity contribution in [3.8, 4) is 17.2 Å². The van der Waals surface area contributed by atoms with Gasteiger partial charge in [-0.1, -0.05) is 12.1 Å². The van der Waals surface area contributed by atoms with Crippen molar-refractivity contribution >= 4 is 46.0 Å². The van der Waals surface area contributed by atoms with Gasteiger partial charge in [-0.15, -0.1) is 0 Å². The molecule has 2 N–H and O–H groups in total. The van der Waals surface area contributed by atoms with Crippen molar-refractivity contribution in [1.82, 2.24) is 4.98 Å². The van der Waals surface area contributed by atoms with E-state index in [-0.39, 0.29) is 39.8 Å². The number of hydrogen-bond donors (Lipinski definition) is 2. The summed E-state index contributed by atoms with van der Waals surface area (Å²) in [5, 5.41) is 33.5. The third kappa shape index (κ3) is 7.06. The summed E-state index contributed by atoms with van der Waals surface area (Å²) in [5.74, 6) is -1.88. The van der Waals surface area contributed by atoms with Gasteiger partial charge in [0.15, 0.2) is 5.58 Å². The van der Waals surface area contributed by atoms with Crippen LogP contribution in [0.25, 0.3) is 22.6 Å². The smallest absolute Gasteiger partial charge is 0.340 e. The summed E-state index contributed by atoms with van der Waals surface area (Å²) in [7, 11) is 2.47. The number of nitrogens with one attached hydrogen (secondary N) is 1. The Kier molecular flexibility index (Phi) is 9.43. The lowest BCUT2D eigenvalue weighted by Gasteiger charge is -2.11. The van der Waals surface area contributed by atoms with E-state index in [1.165, 1.54) is 68.8 Å². The number of methoxy groups -OCH3 is 2. The number of phenols is 1. The van der Waals surface area contributed by atoms with Crippen molar-refractivity contribution in [3.63, 3.8) is 0 Å². The van der Waals surface area contributed by atoms with Gasteiger partial charge in [-0.3, -0.25) is 25.0 Å². The first-order valence-corrected chi connectivity index (χ1v) is 12.7. The zero-order valence-electron chi connectivity index (χ0n) is 23.5. The van der Waals surface area contributed by atoms with Crippen molar-refractivity contribution in [1.29, 1.82) is 0 Å². The van der Waals surface area contributed by atoms with Crippen LogP contribution in [0.4, 0.5) is 17.1 Å². The van der Waals surface area contributed by atoms with Gasteiger partial charge in [-0.25, -0.2) is 14.6 Å². The van der Waals surface area contributed by atoms with Crippen molar-refractivity contribution < 1.29 is 43.2 Å². The number of rotatable bonds is 7. The minimum absolute atomic E-state index is 0.0113. The fourth-order valence-corrected chi connectivity index (χ4v) is 3.94. The number of nitro groups is 2. The topological polar surface area (TPSA) is 214 Å². The van der Waals surface area contributed by atoms with Gasteiger partial charge in [-0.2, -0.15) is 0 Å². The van der Waals surface area contributed by atoms with Gasteiger partial charge in [0.05, 0.1) is 40.9 Å². The number of oxazole rings is 1. The number of nitro benzene ring substituents is 2. The van der Waals surface area contributed by atoms with E-state index in [1.54, 1.807) is 30.3 Å². The van der Waals surface area contributed by atoms with E-state index in [2.05, 4.69) is 15.0 Å². The summed E-state index contributed by atoms with van der Waals surface area (Å²) in [4.78, 5) is 60.0. The highest BCUT2D eigenvalue weighted by Crippen LogP contribution is 2.29. The van der Waals surface area contributed by atoms with Crippen molar-refractivity contribution in [2.24, 2.45) is 0 Å². The Hall–Kier alpha value is -6.64. The molecule has 0 atom stereocenters. The number of hydrogen-bond acceptors (Lipinski definition) is 12. The number of anilines is 1. The number of aromatic hydroxyl groups is 1. The molecule has 4 aromatic carbocycles. The van der Waals surface area contributed by atoms with Crippen LogP contribution in [-0.2, 0) is 9.47 Å². The van der Waals surface area contributed by atoms with Crippen LogP contribution in [0.2, 0.25) is 0 Å². The highest BCUT2D eigenvalue weighted by atomic mass is 16.6. The van der Waals surface area contributed by atoms with E-state index in [4.69, 9.17) is 9.15 Å². The summed E-state index contributed by atoms with van der Waals surface area (Å²) >= 11 is 0. The summed E-state index contributed by atoms with van der Waals surface area (Å²) in [5.41, 5.74) is 1.57. The van der Waals surface area contributed by atoms with Crippen molar-refractivity contribution in [2.75, 3.05) is 19.5 Å². The molecule has 45 heavy (non-hydrogen) atoms. The monoisotopic (exact) mass is 614 g/mol. The molecule has 0 fully saturated rings. The fraction of sp³-hybridized carbons (Fsp3) is 0.0667. The molecule has 0 radical (unpaired) electrons. The Morgan fingerprint density at radius 3 is 1.89 bits per heavy atom. The highest BCUT2D eigenvalue weighted by Gasteiger charge is 2.19. The van der Waals surface area contributed by atoms with Gasteiger partial charge >= 0.3 is 11.9 Å². The first kappa shape index (κ1) is 31.3. The van der Waals surface area contributed by atoms with E-state index in [1.807, 2.05) is 0 Å². The number of phenolic OH excluding ortho intramolecular Hbond substituents is 1. The maximum absolute atomic E-state index is 12.2. The number of carbonyl (C=O) groups excluding carboxylic acids is 3. The van der Waals surface area contributed by atoms with E-state index >= 15 is 0 Å². The maximum atomic E-state index is 12.2. The molecule has 0 aliphatic rings. The normalized spacial score (nSPS) is 10.3. The zero-order valence-corrected chi connectivity index (χ0v) is 23.5. The van der Waals surface area contributed by atoms with E-state index in [9.17, 15) is 39.7 Å². The summed E-state index contributed by atoms with van der Waals surface area (Å²) in [6, 6.07) is 19.8. The van der Waals surface area contributed by atoms with E-state index in [0.717, 1.165) is 0 Å². The number of esters is 2. The summed E-state index contributed by atoms with van der Waals surface area (Å²) in [6.07, 6.45) is 0. The van der Waals surface area contributed by atoms with Gasteiger partial charge in [0, 0.05) is 35.4 Å². The van der Waals surface area contributed by atoms with Gasteiger partial charge in [0.1, 0.15) is 11.3 Å². The molecule has 0 unspecified atom stereocenters. The predicted molar refractivity (Wildman–Crippen MR) is 158 cm³/mol. The quantitative estimate of drug-likeness (QED) is 0.100. The van der Waals surface area contributed by atoms with Crippen LogP contribution in [-0.4, -0.2) is 52.0 Å². The second-order valence-electron chi connectivity index (χ2n) is 8.92.